The molecule has 0 radical (unpaired) electrons. The minimum Gasteiger partial charge on any atom is -0.471 e. The highest BCUT2D eigenvalue weighted by Crippen LogP contribution is 2.37. The Morgan fingerprint density at radius 2 is 1.82 bits per heavy atom. The molecule has 0 unspecified atom stereocenters. The molecular weight excluding hydrogens is 509 g/mol. The summed E-state index contributed by atoms with van der Waals surface area (Å²) in [5.74, 6) is -0.534. The topological polar surface area (TPSA) is 80.2 Å². The second kappa shape index (κ2) is 11.4. The van der Waals surface area contributed by atoms with Gasteiger partial charge in [-0.1, -0.05) is 18.2 Å². The molecule has 38 heavy (non-hydrogen) atoms. The molecule has 3 heterocycles. The van der Waals surface area contributed by atoms with Crippen molar-refractivity contribution in [2.24, 2.45) is 0 Å². The number of piperidine rings is 1. The van der Waals surface area contributed by atoms with Crippen LogP contribution in [0.2, 0.25) is 0 Å². The first-order valence-electron chi connectivity index (χ1n) is 12.2. The van der Waals surface area contributed by atoms with Crippen molar-refractivity contribution in [1.29, 1.82) is 0 Å². The van der Waals surface area contributed by atoms with Gasteiger partial charge in [0.25, 0.3) is 12.9 Å². The van der Waals surface area contributed by atoms with Crippen LogP contribution < -0.4 is 10.1 Å². The summed E-state index contributed by atoms with van der Waals surface area (Å²) in [4.78, 5) is 26.7. The summed E-state index contributed by atoms with van der Waals surface area (Å²) in [5.41, 5.74) is 0.106. The molecule has 4 rings (SSSR count). The number of anilines is 1. The fourth-order valence-electron chi connectivity index (χ4n) is 4.68. The summed E-state index contributed by atoms with van der Waals surface area (Å²) in [6, 6.07) is 4.79. The summed E-state index contributed by atoms with van der Waals surface area (Å²) in [6.45, 7) is 4.87. The molecule has 1 aliphatic rings. The number of carbonyl (C=O) groups excluding carboxylic acids is 1. The van der Waals surface area contributed by atoms with Crippen LogP contribution >= 0.6 is 0 Å². The third-order valence-electron chi connectivity index (χ3n) is 6.63. The quantitative estimate of drug-likeness (QED) is 0.358. The fourth-order valence-corrected chi connectivity index (χ4v) is 4.68. The second-order valence-electron chi connectivity index (χ2n) is 9.27. The third-order valence-corrected chi connectivity index (χ3v) is 6.63. The van der Waals surface area contributed by atoms with E-state index in [1.165, 1.54) is 19.1 Å². The zero-order valence-electron chi connectivity index (χ0n) is 21.1. The van der Waals surface area contributed by atoms with Crippen molar-refractivity contribution in [2.75, 3.05) is 25.0 Å². The summed E-state index contributed by atoms with van der Waals surface area (Å²) in [6.07, 6.45) is -4.51. The number of rotatable bonds is 8. The first-order valence-corrected chi connectivity index (χ1v) is 12.2. The average Bonchev–Trinajstić information content (AvgIpc) is 2.86. The molecule has 1 amide bonds. The summed E-state index contributed by atoms with van der Waals surface area (Å²) in [7, 11) is 0. The fraction of sp³-hybridized carbons (Fsp3) is 0.462. The van der Waals surface area contributed by atoms with Crippen molar-refractivity contribution in [3.05, 3.63) is 52.6 Å². The molecule has 0 saturated carbocycles. The first kappa shape index (κ1) is 27.5. The van der Waals surface area contributed by atoms with E-state index in [0.29, 0.717) is 42.7 Å². The SMILES string of the molecule is CC(=O)N1CCC(c2cc3c(N[C@H](C)c4cccc(C(F)F)c4F)nc(C)nc3nc2OCC(F)F)CC1. The Morgan fingerprint density at radius 1 is 1.13 bits per heavy atom. The molecule has 1 atom stereocenters. The number of hydrogen-bond donors (Lipinski definition) is 1. The Kier molecular flexibility index (Phi) is 8.27. The number of nitrogens with zero attached hydrogens (tertiary/aromatic N) is 4. The number of likely N-dealkylation sites (tertiary alicyclic amines) is 1. The summed E-state index contributed by atoms with van der Waals surface area (Å²) in [5, 5.41) is 3.53. The molecule has 0 spiro atoms. The van der Waals surface area contributed by atoms with Crippen molar-refractivity contribution in [1.82, 2.24) is 19.9 Å². The van der Waals surface area contributed by atoms with Crippen LogP contribution in [-0.2, 0) is 4.79 Å². The summed E-state index contributed by atoms with van der Waals surface area (Å²) >= 11 is 0. The Labute approximate surface area is 216 Å². The highest BCUT2D eigenvalue weighted by Gasteiger charge is 2.27. The van der Waals surface area contributed by atoms with E-state index in [2.05, 4.69) is 20.3 Å². The number of alkyl halides is 4. The van der Waals surface area contributed by atoms with Gasteiger partial charge >= 0.3 is 0 Å². The molecule has 3 aromatic rings. The minimum atomic E-state index is -2.96. The lowest BCUT2D eigenvalue weighted by Crippen LogP contribution is -2.36. The molecule has 1 saturated heterocycles. The van der Waals surface area contributed by atoms with Crippen LogP contribution in [0.3, 0.4) is 0 Å². The molecule has 1 aliphatic heterocycles. The van der Waals surface area contributed by atoms with Crippen LogP contribution in [0.4, 0.5) is 27.8 Å². The van der Waals surface area contributed by atoms with Gasteiger partial charge in [-0.05, 0) is 38.7 Å². The van der Waals surface area contributed by atoms with E-state index in [0.717, 1.165) is 6.07 Å². The lowest BCUT2D eigenvalue weighted by atomic mass is 9.89. The third kappa shape index (κ3) is 5.94. The van der Waals surface area contributed by atoms with Crippen LogP contribution in [0.15, 0.2) is 24.3 Å². The number of amides is 1. The molecule has 12 heteroatoms. The van der Waals surface area contributed by atoms with Crippen molar-refractivity contribution in [3.63, 3.8) is 0 Å². The Morgan fingerprint density at radius 3 is 2.45 bits per heavy atom. The molecule has 1 fully saturated rings. The van der Waals surface area contributed by atoms with Crippen molar-refractivity contribution >= 4 is 22.8 Å². The van der Waals surface area contributed by atoms with E-state index in [9.17, 15) is 26.7 Å². The predicted molar refractivity (Wildman–Crippen MR) is 131 cm³/mol. The molecule has 204 valence electrons. The zero-order valence-corrected chi connectivity index (χ0v) is 21.1. The van der Waals surface area contributed by atoms with E-state index in [1.54, 1.807) is 24.8 Å². The summed E-state index contributed by atoms with van der Waals surface area (Å²) < 4.78 is 72.6. The highest BCUT2D eigenvalue weighted by atomic mass is 19.3. The van der Waals surface area contributed by atoms with Crippen LogP contribution in [0.25, 0.3) is 11.0 Å². The predicted octanol–water partition coefficient (Wildman–Crippen LogP) is 5.95. The number of ether oxygens (including phenoxy) is 1. The van der Waals surface area contributed by atoms with Gasteiger partial charge < -0.3 is 15.0 Å². The Hall–Kier alpha value is -3.57. The number of nitrogens with one attached hydrogen (secondary N) is 1. The molecule has 1 aromatic carbocycles. The first-order chi connectivity index (χ1) is 18.0. The second-order valence-corrected chi connectivity index (χ2v) is 9.27. The lowest BCUT2D eigenvalue weighted by Gasteiger charge is -2.32. The van der Waals surface area contributed by atoms with Gasteiger partial charge in [0.15, 0.2) is 12.3 Å². The number of carbonyl (C=O) groups is 1. The molecule has 1 N–H and O–H groups in total. The van der Waals surface area contributed by atoms with Gasteiger partial charge in [-0.15, -0.1) is 0 Å². The van der Waals surface area contributed by atoms with E-state index < -0.39 is 36.9 Å². The van der Waals surface area contributed by atoms with Gasteiger partial charge in [0.05, 0.1) is 17.0 Å². The number of fused-ring (bicyclic) bond motifs is 1. The standard InChI is InChI=1S/C26H28F5N5O2/c1-13(17-5-4-6-18(22(17)29)23(30)31)32-24-20-11-19(16-7-9-36(10-8-16)15(3)37)26(38-12-21(27)28)35-25(20)34-14(2)33-24/h4-6,11,13,16,21,23H,7-10,12H2,1-3H3,(H,32,33,34,35)/t13-/m1/s1. The number of pyridine rings is 1. The smallest absolute Gasteiger partial charge is 0.272 e. The molecular formula is C26H28F5N5O2. The van der Waals surface area contributed by atoms with E-state index in [4.69, 9.17) is 4.74 Å². The maximum Gasteiger partial charge on any atom is 0.272 e. The van der Waals surface area contributed by atoms with Crippen molar-refractivity contribution < 1.29 is 31.5 Å². The van der Waals surface area contributed by atoms with Gasteiger partial charge in [-0.3, -0.25) is 4.79 Å². The molecule has 2 aromatic heterocycles. The van der Waals surface area contributed by atoms with Crippen LogP contribution in [0, 0.1) is 12.7 Å². The van der Waals surface area contributed by atoms with Crippen LogP contribution in [-0.4, -0.2) is 51.9 Å². The monoisotopic (exact) mass is 537 g/mol. The van der Waals surface area contributed by atoms with Gasteiger partial charge in [0.1, 0.15) is 17.5 Å². The molecule has 0 aliphatic carbocycles. The van der Waals surface area contributed by atoms with E-state index in [-0.39, 0.29) is 34.7 Å². The Bertz CT molecular complexity index is 1310. The Balaban J connectivity index is 1.74. The van der Waals surface area contributed by atoms with E-state index in [1.807, 2.05) is 0 Å². The van der Waals surface area contributed by atoms with Crippen molar-refractivity contribution in [2.45, 2.75) is 58.4 Å². The maximum atomic E-state index is 14.8. The normalized spacial score (nSPS) is 15.4. The van der Waals surface area contributed by atoms with Crippen molar-refractivity contribution in [3.8, 4) is 5.88 Å². The number of aryl methyl sites for hydroxylation is 1. The van der Waals surface area contributed by atoms with Gasteiger partial charge in [-0.25, -0.2) is 31.9 Å². The number of aromatic nitrogens is 3. The lowest BCUT2D eigenvalue weighted by molar-refractivity contribution is -0.129. The molecule has 7 nitrogen and oxygen atoms in total. The number of hydrogen-bond acceptors (Lipinski definition) is 6. The largest absolute Gasteiger partial charge is 0.471 e. The number of halogens is 5. The average molecular weight is 538 g/mol. The minimum absolute atomic E-state index is 0.0341. The molecule has 0 bridgehead atoms. The zero-order chi connectivity index (χ0) is 27.6. The van der Waals surface area contributed by atoms with Crippen LogP contribution in [0.5, 0.6) is 5.88 Å². The van der Waals surface area contributed by atoms with Crippen LogP contribution in [0.1, 0.15) is 67.6 Å². The van der Waals surface area contributed by atoms with Gasteiger partial charge in [0, 0.05) is 31.1 Å². The van der Waals surface area contributed by atoms with Gasteiger partial charge in [0.2, 0.25) is 11.8 Å². The highest BCUT2D eigenvalue weighted by molar-refractivity contribution is 5.88. The van der Waals surface area contributed by atoms with E-state index >= 15 is 0 Å². The number of benzene rings is 1. The maximum absolute atomic E-state index is 14.8. The van der Waals surface area contributed by atoms with Gasteiger partial charge in [-0.2, -0.15) is 4.98 Å².